The normalized spacial score (nSPS) is 24.1. The van der Waals surface area contributed by atoms with Gasteiger partial charge in [0.15, 0.2) is 0 Å². The van der Waals surface area contributed by atoms with Crippen LogP contribution >= 0.6 is 0 Å². The Hall–Kier alpha value is -0.380. The zero-order valence-electron chi connectivity index (χ0n) is 12.9. The summed E-state index contributed by atoms with van der Waals surface area (Å²) in [6.45, 7) is 11.9. The molecular weight excluding hydrogens is 236 g/mol. The van der Waals surface area contributed by atoms with Crippen molar-refractivity contribution < 1.29 is 4.74 Å². The molecule has 1 aliphatic carbocycles. The smallest absolute Gasteiger partial charge is 0.0594 e. The van der Waals surface area contributed by atoms with Gasteiger partial charge in [0, 0.05) is 24.7 Å². The minimum atomic E-state index is 0.170. The van der Waals surface area contributed by atoms with Gasteiger partial charge in [0.2, 0.25) is 0 Å². The first kappa shape index (κ1) is 15.0. The molecule has 1 atom stereocenters. The molecule has 1 unspecified atom stereocenters. The van der Waals surface area contributed by atoms with Crippen LogP contribution in [-0.4, -0.2) is 49.3 Å². The summed E-state index contributed by atoms with van der Waals surface area (Å²) in [5, 5.41) is 3.74. The van der Waals surface area contributed by atoms with Crippen LogP contribution in [0.15, 0.2) is 11.6 Å². The highest BCUT2D eigenvalue weighted by Gasteiger charge is 2.37. The van der Waals surface area contributed by atoms with Crippen LogP contribution in [0, 0.1) is 0 Å². The second-order valence-electron chi connectivity index (χ2n) is 6.27. The molecule has 1 saturated heterocycles. The van der Waals surface area contributed by atoms with Crippen LogP contribution in [0.25, 0.3) is 0 Å². The highest BCUT2D eigenvalue weighted by molar-refractivity contribution is 5.20. The van der Waals surface area contributed by atoms with Crippen molar-refractivity contribution in [2.45, 2.75) is 58.0 Å². The molecule has 3 nitrogen and oxygen atoms in total. The van der Waals surface area contributed by atoms with Gasteiger partial charge in [-0.05, 0) is 46.1 Å². The molecule has 3 heteroatoms. The highest BCUT2D eigenvalue weighted by Crippen LogP contribution is 2.30. The third-order valence-electron chi connectivity index (χ3n) is 4.64. The topological polar surface area (TPSA) is 24.5 Å². The van der Waals surface area contributed by atoms with Crippen LogP contribution in [-0.2, 0) is 4.74 Å². The molecule has 1 fully saturated rings. The molecule has 0 saturated carbocycles. The fourth-order valence-electron chi connectivity index (χ4n) is 3.49. The minimum Gasteiger partial charge on any atom is -0.379 e. The van der Waals surface area contributed by atoms with Gasteiger partial charge in [0.1, 0.15) is 0 Å². The second-order valence-corrected chi connectivity index (χ2v) is 6.27. The molecule has 0 aromatic carbocycles. The maximum absolute atomic E-state index is 5.50. The Morgan fingerprint density at radius 1 is 1.32 bits per heavy atom. The van der Waals surface area contributed by atoms with Crippen molar-refractivity contribution in [2.75, 3.05) is 32.8 Å². The molecule has 110 valence electrons. The Morgan fingerprint density at radius 3 is 2.63 bits per heavy atom. The molecule has 0 aromatic rings. The van der Waals surface area contributed by atoms with E-state index in [9.17, 15) is 0 Å². The van der Waals surface area contributed by atoms with Gasteiger partial charge < -0.3 is 10.1 Å². The lowest BCUT2D eigenvalue weighted by Crippen LogP contribution is -2.61. The molecule has 0 bridgehead atoms. The van der Waals surface area contributed by atoms with Crippen molar-refractivity contribution in [2.24, 2.45) is 0 Å². The van der Waals surface area contributed by atoms with E-state index in [0.717, 1.165) is 32.8 Å². The number of morpholine rings is 1. The van der Waals surface area contributed by atoms with Crippen molar-refractivity contribution in [1.82, 2.24) is 10.2 Å². The number of nitrogens with one attached hydrogen (secondary N) is 1. The molecular formula is C16H30N2O. The molecule has 0 spiro atoms. The predicted octanol–water partition coefficient (Wildman–Crippen LogP) is 2.58. The maximum atomic E-state index is 5.50. The van der Waals surface area contributed by atoms with E-state index in [1.165, 1.54) is 25.7 Å². The Bertz CT molecular complexity index is 306. The number of rotatable bonds is 5. The Kier molecular flexibility index (Phi) is 5.43. The first-order chi connectivity index (χ1) is 9.16. The average molecular weight is 266 g/mol. The monoisotopic (exact) mass is 266 g/mol. The minimum absolute atomic E-state index is 0.170. The van der Waals surface area contributed by atoms with Crippen molar-refractivity contribution >= 4 is 0 Å². The number of ether oxygens (including phenoxy) is 1. The van der Waals surface area contributed by atoms with Gasteiger partial charge >= 0.3 is 0 Å². The molecule has 1 N–H and O–H groups in total. The number of hydrogen-bond acceptors (Lipinski definition) is 3. The molecule has 0 radical (unpaired) electrons. The number of allylic oxidation sites excluding steroid dienone is 1. The maximum Gasteiger partial charge on any atom is 0.0594 e. The summed E-state index contributed by atoms with van der Waals surface area (Å²) >= 11 is 0. The van der Waals surface area contributed by atoms with Crippen LogP contribution in [0.1, 0.15) is 46.5 Å². The van der Waals surface area contributed by atoms with Gasteiger partial charge in [-0.1, -0.05) is 18.6 Å². The fraction of sp³-hybridized carbons (Fsp3) is 0.875. The quantitative estimate of drug-likeness (QED) is 0.774. The van der Waals surface area contributed by atoms with Crippen molar-refractivity contribution in [3.63, 3.8) is 0 Å². The summed E-state index contributed by atoms with van der Waals surface area (Å²) in [6.07, 6.45) is 7.73. The number of likely N-dealkylation sites (N-methyl/N-ethyl adjacent to an activating group) is 1. The lowest BCUT2D eigenvalue weighted by atomic mass is 9.81. The van der Waals surface area contributed by atoms with E-state index in [1.807, 2.05) is 0 Å². The van der Waals surface area contributed by atoms with Gasteiger partial charge in [-0.25, -0.2) is 0 Å². The van der Waals surface area contributed by atoms with E-state index in [-0.39, 0.29) is 5.54 Å². The first-order valence-corrected chi connectivity index (χ1v) is 7.91. The van der Waals surface area contributed by atoms with Crippen molar-refractivity contribution in [3.8, 4) is 0 Å². The van der Waals surface area contributed by atoms with Crippen LogP contribution < -0.4 is 5.32 Å². The zero-order chi connectivity index (χ0) is 13.7. The van der Waals surface area contributed by atoms with E-state index in [2.05, 4.69) is 37.1 Å². The molecule has 1 aliphatic heterocycles. The van der Waals surface area contributed by atoms with Gasteiger partial charge in [-0.2, -0.15) is 0 Å². The third-order valence-corrected chi connectivity index (χ3v) is 4.64. The highest BCUT2D eigenvalue weighted by atomic mass is 16.5. The molecule has 19 heavy (non-hydrogen) atoms. The predicted molar refractivity (Wildman–Crippen MR) is 80.5 cm³/mol. The third kappa shape index (κ3) is 3.59. The average Bonchev–Trinajstić information content (AvgIpc) is 2.46. The Labute approximate surface area is 118 Å². The van der Waals surface area contributed by atoms with Crippen LogP contribution in [0.5, 0.6) is 0 Å². The van der Waals surface area contributed by atoms with Gasteiger partial charge in [0.05, 0.1) is 13.2 Å². The molecule has 1 heterocycles. The van der Waals surface area contributed by atoms with E-state index < -0.39 is 0 Å². The van der Waals surface area contributed by atoms with Gasteiger partial charge in [-0.3, -0.25) is 4.90 Å². The number of nitrogens with zero attached hydrogens (tertiary/aromatic N) is 1. The summed E-state index contributed by atoms with van der Waals surface area (Å²) in [7, 11) is 0. The number of hydrogen-bond donors (Lipinski definition) is 1. The zero-order valence-corrected chi connectivity index (χ0v) is 12.9. The Balaban J connectivity index is 2.13. The lowest BCUT2D eigenvalue weighted by Gasteiger charge is -2.47. The van der Waals surface area contributed by atoms with Gasteiger partial charge in [-0.15, -0.1) is 0 Å². The summed E-state index contributed by atoms with van der Waals surface area (Å²) in [5.74, 6) is 0. The summed E-state index contributed by atoms with van der Waals surface area (Å²) in [6, 6.07) is 0.482. The first-order valence-electron chi connectivity index (χ1n) is 7.91. The summed E-state index contributed by atoms with van der Waals surface area (Å²) in [4.78, 5) is 2.60. The molecule has 0 aromatic heterocycles. The molecule has 0 amide bonds. The second kappa shape index (κ2) is 6.87. The van der Waals surface area contributed by atoms with Crippen LogP contribution in [0.4, 0.5) is 0 Å². The van der Waals surface area contributed by atoms with E-state index in [4.69, 9.17) is 4.74 Å². The summed E-state index contributed by atoms with van der Waals surface area (Å²) < 4.78 is 5.50. The molecule has 2 rings (SSSR count). The summed E-state index contributed by atoms with van der Waals surface area (Å²) in [5.41, 5.74) is 1.80. The standard InChI is InChI=1S/C16H30N2O/c1-4-17-15(14-8-6-5-7-9-14)16(2,3)18-10-12-19-13-11-18/h8,15,17H,4-7,9-13H2,1-3H3. The van der Waals surface area contributed by atoms with Crippen LogP contribution in [0.3, 0.4) is 0 Å². The van der Waals surface area contributed by atoms with Crippen LogP contribution in [0.2, 0.25) is 0 Å². The Morgan fingerprint density at radius 2 is 2.05 bits per heavy atom. The van der Waals surface area contributed by atoms with E-state index in [0.29, 0.717) is 6.04 Å². The lowest BCUT2D eigenvalue weighted by molar-refractivity contribution is -0.0192. The largest absolute Gasteiger partial charge is 0.379 e. The molecule has 2 aliphatic rings. The van der Waals surface area contributed by atoms with Crippen molar-refractivity contribution in [1.29, 1.82) is 0 Å². The fourth-order valence-corrected chi connectivity index (χ4v) is 3.49. The van der Waals surface area contributed by atoms with E-state index in [1.54, 1.807) is 5.57 Å². The van der Waals surface area contributed by atoms with Crippen molar-refractivity contribution in [3.05, 3.63) is 11.6 Å². The van der Waals surface area contributed by atoms with Gasteiger partial charge in [0.25, 0.3) is 0 Å². The SMILES string of the molecule is CCNC(C1=CCCCC1)C(C)(C)N1CCOCC1. The van der Waals surface area contributed by atoms with E-state index >= 15 is 0 Å².